The van der Waals surface area contributed by atoms with Crippen LogP contribution >= 0.6 is 0 Å². The first-order valence-corrected chi connectivity index (χ1v) is 12.2. The van der Waals surface area contributed by atoms with Crippen molar-refractivity contribution >= 4 is 11.9 Å². The number of hydrogen-bond donors (Lipinski definition) is 1. The van der Waals surface area contributed by atoms with Crippen molar-refractivity contribution in [1.29, 1.82) is 0 Å². The van der Waals surface area contributed by atoms with E-state index < -0.39 is 0 Å². The van der Waals surface area contributed by atoms with Gasteiger partial charge in [-0.05, 0) is 19.3 Å². The van der Waals surface area contributed by atoms with Gasteiger partial charge in [0.05, 0.1) is 0 Å². The van der Waals surface area contributed by atoms with E-state index in [1.165, 1.54) is 64.2 Å². The lowest BCUT2D eigenvalue weighted by molar-refractivity contribution is -0.116. The largest absolute Gasteiger partial charge is 0.294 e. The fourth-order valence-electron chi connectivity index (χ4n) is 3.40. The number of amides is 1. The van der Waals surface area contributed by atoms with E-state index in [0.29, 0.717) is 12.4 Å². The molecule has 0 aliphatic rings. The average Bonchev–Trinajstić information content (AvgIpc) is 2.71. The van der Waals surface area contributed by atoms with Crippen LogP contribution in [-0.2, 0) is 17.6 Å². The lowest BCUT2D eigenvalue weighted by Gasteiger charge is -2.09. The predicted molar refractivity (Wildman–Crippen MR) is 122 cm³/mol. The number of carbonyl (C=O) groups excluding carboxylic acids is 1. The zero-order chi connectivity index (χ0) is 21.2. The molecule has 0 saturated carbocycles. The summed E-state index contributed by atoms with van der Waals surface area (Å²) in [5.41, 5.74) is 0. The topological polar surface area (TPSA) is 67.8 Å². The van der Waals surface area contributed by atoms with E-state index >= 15 is 0 Å². The van der Waals surface area contributed by atoms with E-state index in [-0.39, 0.29) is 5.91 Å². The summed E-state index contributed by atoms with van der Waals surface area (Å²) in [7, 11) is 0. The van der Waals surface area contributed by atoms with E-state index in [9.17, 15) is 4.79 Å². The molecule has 1 N–H and O–H groups in total. The van der Waals surface area contributed by atoms with Crippen LogP contribution in [0.3, 0.4) is 0 Å². The van der Waals surface area contributed by atoms with Gasteiger partial charge in [0.2, 0.25) is 11.9 Å². The van der Waals surface area contributed by atoms with Gasteiger partial charge in [-0.1, -0.05) is 91.4 Å². The highest BCUT2D eigenvalue weighted by Gasteiger charge is 2.10. The zero-order valence-corrected chi connectivity index (χ0v) is 19.3. The monoisotopic (exact) mass is 404 g/mol. The summed E-state index contributed by atoms with van der Waals surface area (Å²) in [6, 6.07) is 0. The van der Waals surface area contributed by atoms with Crippen molar-refractivity contribution in [3.8, 4) is 0 Å². The molecule has 1 rings (SSSR count). The van der Waals surface area contributed by atoms with Crippen molar-refractivity contribution in [3.63, 3.8) is 0 Å². The zero-order valence-electron chi connectivity index (χ0n) is 19.3. The molecule has 1 heterocycles. The molecule has 0 bridgehead atoms. The Bertz CT molecular complexity index is 513. The van der Waals surface area contributed by atoms with Crippen LogP contribution in [0.15, 0.2) is 0 Å². The van der Waals surface area contributed by atoms with Crippen LogP contribution in [-0.4, -0.2) is 20.9 Å². The molecular formula is C24H44N4O. The molecule has 0 aromatic carbocycles. The Labute approximate surface area is 178 Å². The van der Waals surface area contributed by atoms with Crippen molar-refractivity contribution in [3.05, 3.63) is 11.6 Å². The first kappa shape index (κ1) is 25.5. The van der Waals surface area contributed by atoms with Gasteiger partial charge in [-0.25, -0.2) is 4.98 Å². The minimum absolute atomic E-state index is 0.00841. The number of nitrogens with one attached hydrogen (secondary N) is 1. The second-order valence-corrected chi connectivity index (χ2v) is 8.18. The molecule has 0 fully saturated rings. The number of nitrogens with zero attached hydrogens (tertiary/aromatic N) is 3. The average molecular weight is 405 g/mol. The standard InChI is InChI=1S/C24H44N4O/c1-4-7-10-12-14-16-18-21-25-22(19-17-15-13-11-8-5-2)27-24(26-21)28-23(29)20-9-6-3/h4-20H2,1-3H3,(H,25,26,27,28,29). The minimum Gasteiger partial charge on any atom is -0.294 e. The van der Waals surface area contributed by atoms with Crippen molar-refractivity contribution in [2.45, 2.75) is 130 Å². The molecule has 0 aliphatic heterocycles. The number of rotatable bonds is 18. The highest BCUT2D eigenvalue weighted by atomic mass is 16.1. The Kier molecular flexibility index (Phi) is 15.3. The molecule has 1 aromatic heterocycles. The number of unbranched alkanes of at least 4 members (excludes halogenated alkanes) is 11. The van der Waals surface area contributed by atoms with E-state index in [1.54, 1.807) is 0 Å². The Hall–Kier alpha value is -1.52. The van der Waals surface area contributed by atoms with E-state index in [4.69, 9.17) is 4.98 Å². The highest BCUT2D eigenvalue weighted by Crippen LogP contribution is 2.12. The van der Waals surface area contributed by atoms with Gasteiger partial charge in [0.1, 0.15) is 11.6 Å². The molecule has 0 atom stereocenters. The third-order valence-electron chi connectivity index (χ3n) is 5.24. The number of carbonyl (C=O) groups is 1. The summed E-state index contributed by atoms with van der Waals surface area (Å²) in [6.07, 6.45) is 19.2. The van der Waals surface area contributed by atoms with E-state index in [2.05, 4.69) is 36.1 Å². The molecule has 5 nitrogen and oxygen atoms in total. The Morgan fingerprint density at radius 3 is 1.55 bits per heavy atom. The second kappa shape index (κ2) is 17.3. The molecule has 0 aliphatic carbocycles. The van der Waals surface area contributed by atoms with Crippen LogP contribution in [0.5, 0.6) is 0 Å². The fourth-order valence-corrected chi connectivity index (χ4v) is 3.40. The van der Waals surface area contributed by atoms with Crippen LogP contribution < -0.4 is 5.32 Å². The molecule has 0 spiro atoms. The normalized spacial score (nSPS) is 11.0. The lowest BCUT2D eigenvalue weighted by atomic mass is 10.1. The third kappa shape index (κ3) is 13.3. The van der Waals surface area contributed by atoms with Gasteiger partial charge in [-0.15, -0.1) is 0 Å². The van der Waals surface area contributed by atoms with Gasteiger partial charge >= 0.3 is 0 Å². The SMILES string of the molecule is CCCCCCCCc1nc(CCCCCCCC)nc(NC(=O)CCCC)n1. The van der Waals surface area contributed by atoms with Gasteiger partial charge in [0, 0.05) is 19.3 Å². The van der Waals surface area contributed by atoms with Crippen LogP contribution in [0, 0.1) is 0 Å². The van der Waals surface area contributed by atoms with Crippen LogP contribution in [0.25, 0.3) is 0 Å². The molecule has 0 saturated heterocycles. The van der Waals surface area contributed by atoms with Gasteiger partial charge in [0.25, 0.3) is 0 Å². The molecule has 0 radical (unpaired) electrons. The predicted octanol–water partition coefficient (Wildman–Crippen LogP) is 6.81. The molecule has 1 amide bonds. The maximum Gasteiger partial charge on any atom is 0.232 e. The molecule has 5 heteroatoms. The van der Waals surface area contributed by atoms with Gasteiger partial charge in [-0.3, -0.25) is 10.1 Å². The summed E-state index contributed by atoms with van der Waals surface area (Å²) in [5, 5.41) is 2.89. The molecule has 29 heavy (non-hydrogen) atoms. The highest BCUT2D eigenvalue weighted by molar-refractivity contribution is 5.88. The van der Waals surface area contributed by atoms with Crippen LogP contribution in [0.2, 0.25) is 0 Å². The van der Waals surface area contributed by atoms with Crippen molar-refractivity contribution in [2.75, 3.05) is 5.32 Å². The third-order valence-corrected chi connectivity index (χ3v) is 5.24. The number of anilines is 1. The van der Waals surface area contributed by atoms with Crippen molar-refractivity contribution in [2.24, 2.45) is 0 Å². The van der Waals surface area contributed by atoms with Crippen molar-refractivity contribution in [1.82, 2.24) is 15.0 Å². The smallest absolute Gasteiger partial charge is 0.232 e. The van der Waals surface area contributed by atoms with E-state index in [1.807, 2.05) is 0 Å². The van der Waals surface area contributed by atoms with Gasteiger partial charge < -0.3 is 0 Å². The van der Waals surface area contributed by atoms with Gasteiger partial charge in [-0.2, -0.15) is 9.97 Å². The maximum atomic E-state index is 12.1. The molecule has 166 valence electrons. The number of aromatic nitrogens is 3. The first-order valence-electron chi connectivity index (χ1n) is 12.2. The quantitative estimate of drug-likeness (QED) is 0.273. The lowest BCUT2D eigenvalue weighted by Crippen LogP contribution is -2.16. The summed E-state index contributed by atoms with van der Waals surface area (Å²) in [6.45, 7) is 6.58. The Morgan fingerprint density at radius 1 is 0.621 bits per heavy atom. The van der Waals surface area contributed by atoms with Crippen LogP contribution in [0.1, 0.15) is 129 Å². The summed E-state index contributed by atoms with van der Waals surface area (Å²) >= 11 is 0. The second-order valence-electron chi connectivity index (χ2n) is 8.18. The fraction of sp³-hybridized carbons (Fsp3) is 0.833. The maximum absolute atomic E-state index is 12.1. The Morgan fingerprint density at radius 2 is 1.07 bits per heavy atom. The molecule has 1 aromatic rings. The van der Waals surface area contributed by atoms with Crippen LogP contribution in [0.4, 0.5) is 5.95 Å². The minimum atomic E-state index is 0.00841. The summed E-state index contributed by atoms with van der Waals surface area (Å²) < 4.78 is 0. The number of hydrogen-bond acceptors (Lipinski definition) is 4. The molecule has 0 unspecified atom stereocenters. The molecular weight excluding hydrogens is 360 g/mol. The Balaban J connectivity index is 2.58. The van der Waals surface area contributed by atoms with Crippen molar-refractivity contribution < 1.29 is 4.79 Å². The summed E-state index contributed by atoms with van der Waals surface area (Å²) in [4.78, 5) is 25.9. The van der Waals surface area contributed by atoms with E-state index in [0.717, 1.165) is 50.2 Å². The summed E-state index contributed by atoms with van der Waals surface area (Å²) in [5.74, 6) is 2.13. The number of aryl methyl sites for hydroxylation is 2. The first-order chi connectivity index (χ1) is 14.2. The van der Waals surface area contributed by atoms with Gasteiger partial charge in [0.15, 0.2) is 0 Å².